The molecule has 3 rings (SSSR count). The number of hydrogen-bond donors (Lipinski definition) is 3. The Labute approximate surface area is 168 Å². The topological polar surface area (TPSA) is 98.9 Å². The Morgan fingerprint density at radius 2 is 1.71 bits per heavy atom. The van der Waals surface area contributed by atoms with Gasteiger partial charge < -0.3 is 26.0 Å². The van der Waals surface area contributed by atoms with Gasteiger partial charge in [-0.3, -0.25) is 4.79 Å². The van der Waals surface area contributed by atoms with Crippen LogP contribution in [0.5, 0.6) is 5.75 Å². The second-order valence-electron chi connectivity index (χ2n) is 6.45. The SMILES string of the molecule is NC(=O)CCSc1ccccc1NC(=O)N1CCN(c2ccccc2O)CC1. The highest BCUT2D eigenvalue weighted by Crippen LogP contribution is 2.29. The van der Waals surface area contributed by atoms with Crippen LogP contribution in [0.4, 0.5) is 16.2 Å². The van der Waals surface area contributed by atoms with Gasteiger partial charge in [0.15, 0.2) is 0 Å². The Morgan fingerprint density at radius 3 is 2.43 bits per heavy atom. The molecule has 1 heterocycles. The van der Waals surface area contributed by atoms with Gasteiger partial charge in [-0.2, -0.15) is 0 Å². The largest absolute Gasteiger partial charge is 0.506 e. The van der Waals surface area contributed by atoms with Crippen LogP contribution in [0.1, 0.15) is 6.42 Å². The number of rotatable bonds is 6. The van der Waals surface area contributed by atoms with Gasteiger partial charge in [-0.15, -0.1) is 11.8 Å². The molecular weight excluding hydrogens is 376 g/mol. The molecule has 1 fully saturated rings. The molecule has 28 heavy (non-hydrogen) atoms. The zero-order valence-corrected chi connectivity index (χ0v) is 16.3. The number of amides is 3. The summed E-state index contributed by atoms with van der Waals surface area (Å²) in [6.45, 7) is 2.44. The van der Waals surface area contributed by atoms with Crippen LogP contribution in [0.3, 0.4) is 0 Å². The summed E-state index contributed by atoms with van der Waals surface area (Å²) in [6, 6.07) is 14.6. The van der Waals surface area contributed by atoms with Crippen molar-refractivity contribution in [2.75, 3.05) is 42.1 Å². The second kappa shape index (κ2) is 9.36. The minimum Gasteiger partial charge on any atom is -0.506 e. The number of phenols is 1. The summed E-state index contributed by atoms with van der Waals surface area (Å²) in [5, 5.41) is 13.0. The third-order valence-electron chi connectivity index (χ3n) is 4.52. The summed E-state index contributed by atoms with van der Waals surface area (Å²) in [4.78, 5) is 28.3. The van der Waals surface area contributed by atoms with Crippen LogP contribution in [0.15, 0.2) is 53.4 Å². The van der Waals surface area contributed by atoms with Gasteiger partial charge in [0.1, 0.15) is 5.75 Å². The number of carbonyl (C=O) groups excluding carboxylic acids is 2. The molecule has 1 saturated heterocycles. The molecule has 1 aliphatic heterocycles. The number of para-hydroxylation sites is 3. The number of nitrogens with one attached hydrogen (secondary N) is 1. The summed E-state index contributed by atoms with van der Waals surface area (Å²) in [5.41, 5.74) is 6.70. The van der Waals surface area contributed by atoms with Crippen molar-refractivity contribution in [3.8, 4) is 5.75 Å². The molecule has 0 saturated carbocycles. The molecule has 7 nitrogen and oxygen atoms in total. The maximum atomic E-state index is 12.7. The Balaban J connectivity index is 1.56. The molecule has 4 N–H and O–H groups in total. The van der Waals surface area contributed by atoms with Crippen LogP contribution in [-0.2, 0) is 4.79 Å². The van der Waals surface area contributed by atoms with E-state index in [9.17, 15) is 14.7 Å². The van der Waals surface area contributed by atoms with E-state index in [-0.39, 0.29) is 17.7 Å². The fourth-order valence-corrected chi connectivity index (χ4v) is 4.01. The van der Waals surface area contributed by atoms with Crippen molar-refractivity contribution in [3.05, 3.63) is 48.5 Å². The molecule has 2 aromatic rings. The van der Waals surface area contributed by atoms with Crippen molar-refractivity contribution in [2.24, 2.45) is 5.73 Å². The smallest absolute Gasteiger partial charge is 0.321 e. The van der Waals surface area contributed by atoms with Crippen molar-refractivity contribution in [1.82, 2.24) is 4.90 Å². The maximum Gasteiger partial charge on any atom is 0.321 e. The van der Waals surface area contributed by atoms with Gasteiger partial charge in [-0.1, -0.05) is 24.3 Å². The van der Waals surface area contributed by atoms with Crippen molar-refractivity contribution in [2.45, 2.75) is 11.3 Å². The van der Waals surface area contributed by atoms with Crippen LogP contribution >= 0.6 is 11.8 Å². The highest BCUT2D eigenvalue weighted by Gasteiger charge is 2.23. The Kier molecular flexibility index (Phi) is 6.65. The van der Waals surface area contributed by atoms with Crippen molar-refractivity contribution in [3.63, 3.8) is 0 Å². The highest BCUT2D eigenvalue weighted by molar-refractivity contribution is 7.99. The first-order valence-corrected chi connectivity index (χ1v) is 10.1. The first-order chi connectivity index (χ1) is 13.5. The number of phenolic OH excluding ortho intramolecular Hbond substituents is 1. The number of urea groups is 1. The molecule has 2 aromatic carbocycles. The molecule has 0 spiro atoms. The number of thioether (sulfide) groups is 1. The van der Waals surface area contributed by atoms with Gasteiger partial charge in [0.25, 0.3) is 0 Å². The van der Waals surface area contributed by atoms with Crippen LogP contribution in [-0.4, -0.2) is 53.9 Å². The van der Waals surface area contributed by atoms with Gasteiger partial charge in [0.05, 0.1) is 11.4 Å². The summed E-state index contributed by atoms with van der Waals surface area (Å²) in [5.74, 6) is 0.486. The predicted octanol–water partition coefficient (Wildman–Crippen LogP) is 2.71. The first kappa shape index (κ1) is 19.9. The van der Waals surface area contributed by atoms with E-state index in [2.05, 4.69) is 10.2 Å². The van der Waals surface area contributed by atoms with Crippen LogP contribution in [0.2, 0.25) is 0 Å². The average Bonchev–Trinajstić information content (AvgIpc) is 2.69. The Bertz CT molecular complexity index is 838. The third-order valence-corrected chi connectivity index (χ3v) is 5.60. The van der Waals surface area contributed by atoms with E-state index in [1.807, 2.05) is 36.4 Å². The van der Waals surface area contributed by atoms with E-state index < -0.39 is 0 Å². The molecule has 1 aliphatic rings. The third kappa shape index (κ3) is 5.10. The summed E-state index contributed by atoms with van der Waals surface area (Å²) in [7, 11) is 0. The number of nitrogens with two attached hydrogens (primary N) is 1. The fourth-order valence-electron chi connectivity index (χ4n) is 3.03. The van der Waals surface area contributed by atoms with E-state index in [0.29, 0.717) is 38.4 Å². The summed E-state index contributed by atoms with van der Waals surface area (Å²) >= 11 is 1.49. The minimum atomic E-state index is -0.337. The van der Waals surface area contributed by atoms with Crippen molar-refractivity contribution >= 4 is 35.1 Å². The number of aromatic hydroxyl groups is 1. The lowest BCUT2D eigenvalue weighted by Gasteiger charge is -2.36. The van der Waals surface area contributed by atoms with Gasteiger partial charge in [0.2, 0.25) is 5.91 Å². The number of benzene rings is 2. The molecule has 0 bridgehead atoms. The lowest BCUT2D eigenvalue weighted by molar-refractivity contribution is -0.117. The number of hydrogen-bond acceptors (Lipinski definition) is 5. The normalized spacial score (nSPS) is 14.0. The molecule has 0 aromatic heterocycles. The van der Waals surface area contributed by atoms with Gasteiger partial charge >= 0.3 is 6.03 Å². The second-order valence-corrected chi connectivity index (χ2v) is 7.59. The minimum absolute atomic E-state index is 0.153. The number of anilines is 2. The summed E-state index contributed by atoms with van der Waals surface area (Å²) < 4.78 is 0. The Morgan fingerprint density at radius 1 is 1.04 bits per heavy atom. The van der Waals surface area contributed by atoms with Gasteiger partial charge in [-0.05, 0) is 24.3 Å². The molecular formula is C20H24N4O3S. The van der Waals surface area contributed by atoms with E-state index in [0.717, 1.165) is 16.3 Å². The number of carbonyl (C=O) groups is 2. The molecule has 148 valence electrons. The fraction of sp³-hybridized carbons (Fsp3) is 0.300. The quantitative estimate of drug-likeness (QED) is 0.648. The lowest BCUT2D eigenvalue weighted by Crippen LogP contribution is -2.50. The lowest BCUT2D eigenvalue weighted by atomic mass is 10.2. The number of nitrogens with zero attached hydrogens (tertiary/aromatic N) is 2. The summed E-state index contributed by atoms with van der Waals surface area (Å²) in [6.07, 6.45) is 0.293. The van der Waals surface area contributed by atoms with Crippen LogP contribution < -0.4 is 16.0 Å². The highest BCUT2D eigenvalue weighted by atomic mass is 32.2. The number of piperazine rings is 1. The standard InChI is InChI=1S/C20H24N4O3S/c21-19(26)9-14-28-18-8-4-1-5-15(18)22-20(27)24-12-10-23(11-13-24)16-6-2-3-7-17(16)25/h1-8,25H,9-14H2,(H2,21,26)(H,22,27). The zero-order valence-electron chi connectivity index (χ0n) is 15.5. The molecule has 8 heteroatoms. The Hall–Kier alpha value is -2.87. The van der Waals surface area contributed by atoms with E-state index in [1.165, 1.54) is 11.8 Å². The predicted molar refractivity (Wildman–Crippen MR) is 112 cm³/mol. The molecule has 3 amide bonds. The van der Waals surface area contributed by atoms with E-state index in [4.69, 9.17) is 5.73 Å². The molecule has 0 radical (unpaired) electrons. The number of primary amides is 1. The maximum absolute atomic E-state index is 12.7. The first-order valence-electron chi connectivity index (χ1n) is 9.13. The average molecular weight is 401 g/mol. The van der Waals surface area contributed by atoms with Crippen LogP contribution in [0.25, 0.3) is 0 Å². The van der Waals surface area contributed by atoms with E-state index >= 15 is 0 Å². The van der Waals surface area contributed by atoms with Crippen molar-refractivity contribution in [1.29, 1.82) is 0 Å². The van der Waals surface area contributed by atoms with Gasteiger partial charge in [-0.25, -0.2) is 4.79 Å². The zero-order chi connectivity index (χ0) is 19.9. The van der Waals surface area contributed by atoms with Crippen molar-refractivity contribution < 1.29 is 14.7 Å². The van der Waals surface area contributed by atoms with Gasteiger partial charge in [0, 0.05) is 43.2 Å². The van der Waals surface area contributed by atoms with E-state index in [1.54, 1.807) is 17.0 Å². The molecule has 0 unspecified atom stereocenters. The molecule has 0 atom stereocenters. The monoisotopic (exact) mass is 400 g/mol. The van der Waals surface area contributed by atoms with Crippen LogP contribution in [0, 0.1) is 0 Å². The molecule has 0 aliphatic carbocycles.